The summed E-state index contributed by atoms with van der Waals surface area (Å²) >= 11 is 3.44. The molecule has 0 atom stereocenters. The van der Waals surface area contributed by atoms with Gasteiger partial charge in [0.1, 0.15) is 5.52 Å². The molecule has 4 nitrogen and oxygen atoms in total. The Hall–Kier alpha value is -2.66. The van der Waals surface area contributed by atoms with Gasteiger partial charge in [-0.25, -0.2) is 4.79 Å². The Morgan fingerprint density at radius 3 is 2.68 bits per heavy atom. The number of esters is 1. The van der Waals surface area contributed by atoms with Gasteiger partial charge in [0, 0.05) is 16.1 Å². The SMILES string of the molecule is COC(=O)c1cc(Br)cc2cn(Cc3ccc4ccccc4c3)nc12. The van der Waals surface area contributed by atoms with E-state index in [1.54, 1.807) is 6.07 Å². The Balaban J connectivity index is 1.75. The van der Waals surface area contributed by atoms with Crippen LogP contribution in [0.15, 0.2) is 65.3 Å². The van der Waals surface area contributed by atoms with Gasteiger partial charge in [-0.05, 0) is 34.5 Å². The lowest BCUT2D eigenvalue weighted by Crippen LogP contribution is -2.03. The molecule has 0 spiro atoms. The predicted molar refractivity (Wildman–Crippen MR) is 102 cm³/mol. The van der Waals surface area contributed by atoms with Gasteiger partial charge < -0.3 is 4.74 Å². The molecule has 0 unspecified atom stereocenters. The van der Waals surface area contributed by atoms with E-state index in [4.69, 9.17) is 4.74 Å². The number of nitrogens with zero attached hydrogens (tertiary/aromatic N) is 2. The molecule has 0 fully saturated rings. The topological polar surface area (TPSA) is 44.1 Å². The summed E-state index contributed by atoms with van der Waals surface area (Å²) in [4.78, 5) is 12.0. The number of fused-ring (bicyclic) bond motifs is 2. The summed E-state index contributed by atoms with van der Waals surface area (Å²) in [6.45, 7) is 0.637. The second-order valence-electron chi connectivity index (χ2n) is 5.89. The number of methoxy groups -OCH3 is 1. The van der Waals surface area contributed by atoms with Crippen LogP contribution in [-0.4, -0.2) is 22.9 Å². The number of aromatic nitrogens is 2. The molecule has 0 amide bonds. The zero-order chi connectivity index (χ0) is 17.4. The highest BCUT2D eigenvalue weighted by molar-refractivity contribution is 9.10. The Morgan fingerprint density at radius 2 is 1.88 bits per heavy atom. The number of benzene rings is 3. The van der Waals surface area contributed by atoms with Gasteiger partial charge in [0.05, 0.1) is 19.2 Å². The van der Waals surface area contributed by atoms with E-state index in [0.29, 0.717) is 17.6 Å². The van der Waals surface area contributed by atoms with E-state index < -0.39 is 0 Å². The zero-order valence-corrected chi connectivity index (χ0v) is 15.2. The van der Waals surface area contributed by atoms with Crippen LogP contribution in [0.5, 0.6) is 0 Å². The van der Waals surface area contributed by atoms with E-state index in [1.807, 2.05) is 29.1 Å². The molecule has 1 aromatic heterocycles. The molecule has 124 valence electrons. The summed E-state index contributed by atoms with van der Waals surface area (Å²) in [5.74, 6) is -0.387. The van der Waals surface area contributed by atoms with Crippen LogP contribution in [0.3, 0.4) is 0 Å². The third kappa shape index (κ3) is 3.03. The number of ether oxygens (including phenoxy) is 1. The second kappa shape index (κ2) is 6.33. The minimum Gasteiger partial charge on any atom is -0.465 e. The first-order valence-corrected chi connectivity index (χ1v) is 8.66. The first-order chi connectivity index (χ1) is 12.1. The van der Waals surface area contributed by atoms with Crippen LogP contribution >= 0.6 is 15.9 Å². The fourth-order valence-corrected chi connectivity index (χ4v) is 3.49. The standard InChI is InChI=1S/C20H15BrN2O2/c1-25-20(24)18-10-17(21)9-16-12-23(22-19(16)18)11-13-6-7-14-4-2-3-5-15(14)8-13/h2-10,12H,11H2,1H3. The minimum absolute atomic E-state index is 0.387. The van der Waals surface area contributed by atoms with Crippen LogP contribution in [0, 0.1) is 0 Å². The van der Waals surface area contributed by atoms with Crippen molar-refractivity contribution in [2.24, 2.45) is 0 Å². The maximum atomic E-state index is 12.0. The second-order valence-corrected chi connectivity index (χ2v) is 6.81. The smallest absolute Gasteiger partial charge is 0.340 e. The van der Waals surface area contributed by atoms with Crippen molar-refractivity contribution in [1.29, 1.82) is 0 Å². The maximum absolute atomic E-state index is 12.0. The Bertz CT molecular complexity index is 1100. The molecule has 3 aromatic carbocycles. The molecule has 0 radical (unpaired) electrons. The molecule has 0 saturated heterocycles. The molecule has 0 saturated carbocycles. The van der Waals surface area contributed by atoms with Crippen LogP contribution in [0.25, 0.3) is 21.7 Å². The molecule has 25 heavy (non-hydrogen) atoms. The number of carbonyl (C=O) groups excluding carboxylic acids is 1. The van der Waals surface area contributed by atoms with E-state index in [9.17, 15) is 4.79 Å². The summed E-state index contributed by atoms with van der Waals surface area (Å²) in [7, 11) is 1.38. The van der Waals surface area contributed by atoms with Crippen molar-refractivity contribution in [3.8, 4) is 0 Å². The highest BCUT2D eigenvalue weighted by Crippen LogP contribution is 2.25. The minimum atomic E-state index is -0.387. The third-order valence-corrected chi connectivity index (χ3v) is 4.64. The van der Waals surface area contributed by atoms with E-state index in [-0.39, 0.29) is 5.97 Å². The molecule has 0 aliphatic rings. The third-order valence-electron chi connectivity index (χ3n) is 4.18. The van der Waals surface area contributed by atoms with Crippen molar-refractivity contribution in [1.82, 2.24) is 9.78 Å². The van der Waals surface area contributed by atoms with E-state index in [1.165, 1.54) is 17.9 Å². The van der Waals surface area contributed by atoms with Gasteiger partial charge >= 0.3 is 5.97 Å². The molecular weight excluding hydrogens is 380 g/mol. The summed E-state index contributed by atoms with van der Waals surface area (Å²) < 4.78 is 7.55. The Morgan fingerprint density at radius 1 is 1.08 bits per heavy atom. The first-order valence-electron chi connectivity index (χ1n) is 7.87. The highest BCUT2D eigenvalue weighted by atomic mass is 79.9. The largest absolute Gasteiger partial charge is 0.465 e. The van der Waals surface area contributed by atoms with E-state index in [2.05, 4.69) is 51.4 Å². The van der Waals surface area contributed by atoms with Gasteiger partial charge in [0.25, 0.3) is 0 Å². The van der Waals surface area contributed by atoms with Crippen molar-refractivity contribution in [3.05, 3.63) is 76.4 Å². The number of hydrogen-bond donors (Lipinski definition) is 0. The normalized spacial score (nSPS) is 11.1. The molecule has 0 aliphatic carbocycles. The molecule has 4 rings (SSSR count). The number of halogens is 1. The van der Waals surface area contributed by atoms with Crippen molar-refractivity contribution in [2.75, 3.05) is 7.11 Å². The van der Waals surface area contributed by atoms with E-state index in [0.717, 1.165) is 15.4 Å². The predicted octanol–water partition coefficient (Wildman–Crippen LogP) is 4.79. The Kier molecular flexibility index (Phi) is 4.01. The van der Waals surface area contributed by atoms with Gasteiger partial charge in [0.15, 0.2) is 0 Å². The van der Waals surface area contributed by atoms with Gasteiger partial charge in [-0.1, -0.05) is 52.3 Å². The molecule has 0 aliphatic heterocycles. The summed E-state index contributed by atoms with van der Waals surface area (Å²) in [6.07, 6.45) is 1.95. The lowest BCUT2D eigenvalue weighted by molar-refractivity contribution is 0.0602. The molecule has 5 heteroatoms. The van der Waals surface area contributed by atoms with Crippen LogP contribution in [0.4, 0.5) is 0 Å². The Labute approximate surface area is 153 Å². The average Bonchev–Trinajstić information content (AvgIpc) is 3.02. The fraction of sp³-hybridized carbons (Fsp3) is 0.100. The number of carbonyl (C=O) groups is 1. The first kappa shape index (κ1) is 15.8. The van der Waals surface area contributed by atoms with Gasteiger partial charge in [-0.3, -0.25) is 4.68 Å². The van der Waals surface area contributed by atoms with Crippen LogP contribution in [0.2, 0.25) is 0 Å². The van der Waals surface area contributed by atoms with Crippen LogP contribution in [-0.2, 0) is 11.3 Å². The van der Waals surface area contributed by atoms with Crippen molar-refractivity contribution < 1.29 is 9.53 Å². The lowest BCUT2D eigenvalue weighted by atomic mass is 10.1. The lowest BCUT2D eigenvalue weighted by Gasteiger charge is -2.04. The van der Waals surface area contributed by atoms with Crippen molar-refractivity contribution in [3.63, 3.8) is 0 Å². The highest BCUT2D eigenvalue weighted by Gasteiger charge is 2.15. The molecular formula is C20H15BrN2O2. The van der Waals surface area contributed by atoms with Crippen molar-refractivity contribution >= 4 is 43.6 Å². The maximum Gasteiger partial charge on any atom is 0.340 e. The molecule has 0 bridgehead atoms. The zero-order valence-electron chi connectivity index (χ0n) is 13.6. The summed E-state index contributed by atoms with van der Waals surface area (Å²) in [5, 5.41) is 7.91. The van der Waals surface area contributed by atoms with Crippen molar-refractivity contribution in [2.45, 2.75) is 6.54 Å². The fourth-order valence-electron chi connectivity index (χ4n) is 3.02. The van der Waals surface area contributed by atoms with Crippen LogP contribution < -0.4 is 0 Å². The summed E-state index contributed by atoms with van der Waals surface area (Å²) in [6, 6.07) is 18.3. The molecule has 0 N–H and O–H groups in total. The monoisotopic (exact) mass is 394 g/mol. The summed E-state index contributed by atoms with van der Waals surface area (Å²) in [5.41, 5.74) is 2.27. The number of rotatable bonds is 3. The van der Waals surface area contributed by atoms with Gasteiger partial charge in [0.2, 0.25) is 0 Å². The van der Waals surface area contributed by atoms with Gasteiger partial charge in [-0.2, -0.15) is 5.10 Å². The molecule has 4 aromatic rings. The average molecular weight is 395 g/mol. The quantitative estimate of drug-likeness (QED) is 0.469. The van der Waals surface area contributed by atoms with E-state index >= 15 is 0 Å². The molecule has 1 heterocycles. The number of hydrogen-bond acceptors (Lipinski definition) is 3. The van der Waals surface area contributed by atoms with Crippen LogP contribution in [0.1, 0.15) is 15.9 Å². The van der Waals surface area contributed by atoms with Gasteiger partial charge in [-0.15, -0.1) is 0 Å².